The van der Waals surface area contributed by atoms with Gasteiger partial charge in [0.05, 0.1) is 17.6 Å². The van der Waals surface area contributed by atoms with E-state index in [0.29, 0.717) is 41.0 Å². The lowest BCUT2D eigenvalue weighted by atomic mass is 10.00. The summed E-state index contributed by atoms with van der Waals surface area (Å²) in [5.74, 6) is -0.620. The molecule has 0 aliphatic carbocycles. The van der Waals surface area contributed by atoms with E-state index in [2.05, 4.69) is 10.3 Å². The van der Waals surface area contributed by atoms with Crippen LogP contribution >= 0.6 is 0 Å². The molecule has 1 amide bonds. The van der Waals surface area contributed by atoms with E-state index in [0.717, 1.165) is 15.7 Å². The Bertz CT molecular complexity index is 1320. The van der Waals surface area contributed by atoms with Gasteiger partial charge in [-0.05, 0) is 62.6 Å². The van der Waals surface area contributed by atoms with Crippen molar-refractivity contribution in [2.75, 3.05) is 11.9 Å². The monoisotopic (exact) mass is 438 g/mol. The Kier molecular flexibility index (Phi) is 6.57. The molecule has 0 spiro atoms. The SMILES string of the molecule is CCOC(=O)c1ccc(NC(=O)CCc2c(C)nc3c(c2C)c(=O)n(C)c(=O)n3C)cc1. The van der Waals surface area contributed by atoms with Gasteiger partial charge in [0.1, 0.15) is 5.65 Å². The average molecular weight is 438 g/mol. The van der Waals surface area contributed by atoms with E-state index in [1.165, 1.54) is 11.6 Å². The molecule has 0 saturated carbocycles. The first kappa shape index (κ1) is 22.9. The summed E-state index contributed by atoms with van der Waals surface area (Å²) in [5.41, 5.74) is 2.67. The fraction of sp³-hybridized carbons (Fsp3) is 0.348. The number of carbonyl (C=O) groups excluding carboxylic acids is 2. The van der Waals surface area contributed by atoms with Crippen LogP contribution in [-0.4, -0.2) is 32.6 Å². The molecule has 0 fully saturated rings. The highest BCUT2D eigenvalue weighted by atomic mass is 16.5. The number of aromatic nitrogens is 3. The number of hydrogen-bond acceptors (Lipinski definition) is 6. The average Bonchev–Trinajstić information content (AvgIpc) is 2.76. The molecule has 2 aromatic heterocycles. The lowest BCUT2D eigenvalue weighted by Crippen LogP contribution is -2.38. The summed E-state index contributed by atoms with van der Waals surface area (Å²) in [6, 6.07) is 6.47. The topological polar surface area (TPSA) is 112 Å². The van der Waals surface area contributed by atoms with Crippen molar-refractivity contribution in [3.05, 3.63) is 67.5 Å². The van der Waals surface area contributed by atoms with Crippen molar-refractivity contribution in [3.63, 3.8) is 0 Å². The number of nitrogens with one attached hydrogen (secondary N) is 1. The summed E-state index contributed by atoms with van der Waals surface area (Å²) in [4.78, 5) is 53.6. The van der Waals surface area contributed by atoms with Gasteiger partial charge in [0.2, 0.25) is 5.91 Å². The Morgan fingerprint density at radius 2 is 1.72 bits per heavy atom. The Hall–Kier alpha value is -3.75. The van der Waals surface area contributed by atoms with E-state index in [1.54, 1.807) is 45.2 Å². The molecule has 168 valence electrons. The number of hydrogen-bond donors (Lipinski definition) is 1. The molecular weight excluding hydrogens is 412 g/mol. The van der Waals surface area contributed by atoms with Crippen molar-refractivity contribution < 1.29 is 14.3 Å². The van der Waals surface area contributed by atoms with Gasteiger partial charge in [-0.1, -0.05) is 0 Å². The zero-order valence-electron chi connectivity index (χ0n) is 18.8. The molecule has 0 aliphatic rings. The van der Waals surface area contributed by atoms with E-state index in [9.17, 15) is 19.2 Å². The Morgan fingerprint density at radius 1 is 1.06 bits per heavy atom. The van der Waals surface area contributed by atoms with Crippen molar-refractivity contribution in [2.45, 2.75) is 33.6 Å². The number of pyridine rings is 1. The number of rotatable bonds is 6. The van der Waals surface area contributed by atoms with Gasteiger partial charge in [-0.25, -0.2) is 14.6 Å². The van der Waals surface area contributed by atoms with Crippen LogP contribution in [0.5, 0.6) is 0 Å². The van der Waals surface area contributed by atoms with Crippen molar-refractivity contribution in [1.29, 1.82) is 0 Å². The van der Waals surface area contributed by atoms with Gasteiger partial charge in [-0.3, -0.25) is 18.7 Å². The van der Waals surface area contributed by atoms with Crippen molar-refractivity contribution in [3.8, 4) is 0 Å². The van der Waals surface area contributed by atoms with Gasteiger partial charge in [-0.2, -0.15) is 0 Å². The summed E-state index contributed by atoms with van der Waals surface area (Å²) in [6.07, 6.45) is 0.569. The normalized spacial score (nSPS) is 10.9. The number of anilines is 1. The number of amides is 1. The van der Waals surface area contributed by atoms with Gasteiger partial charge in [-0.15, -0.1) is 0 Å². The van der Waals surface area contributed by atoms with E-state index in [1.807, 2.05) is 6.92 Å². The molecular formula is C23H26N4O5. The van der Waals surface area contributed by atoms with E-state index in [-0.39, 0.29) is 12.3 Å². The second-order valence-electron chi connectivity index (χ2n) is 7.55. The Labute approximate surface area is 184 Å². The van der Waals surface area contributed by atoms with Crippen LogP contribution in [0, 0.1) is 13.8 Å². The zero-order chi connectivity index (χ0) is 23.6. The van der Waals surface area contributed by atoms with Gasteiger partial charge >= 0.3 is 11.7 Å². The van der Waals surface area contributed by atoms with Gasteiger partial charge in [0.15, 0.2) is 0 Å². The van der Waals surface area contributed by atoms with Crippen LogP contribution in [0.2, 0.25) is 0 Å². The van der Waals surface area contributed by atoms with Crippen LogP contribution in [0.1, 0.15) is 40.5 Å². The molecule has 32 heavy (non-hydrogen) atoms. The predicted octanol–water partition coefficient (Wildman–Crippen LogP) is 2.00. The molecule has 0 aliphatic heterocycles. The first-order chi connectivity index (χ1) is 15.1. The third kappa shape index (κ3) is 4.32. The number of benzene rings is 1. The largest absolute Gasteiger partial charge is 0.462 e. The van der Waals surface area contributed by atoms with Crippen molar-refractivity contribution in [1.82, 2.24) is 14.1 Å². The molecule has 0 atom stereocenters. The maximum atomic E-state index is 12.7. The molecule has 0 unspecified atom stereocenters. The summed E-state index contributed by atoms with van der Waals surface area (Å²) in [6.45, 7) is 5.64. The maximum Gasteiger partial charge on any atom is 0.338 e. The first-order valence-corrected chi connectivity index (χ1v) is 10.3. The van der Waals surface area contributed by atoms with Crippen molar-refractivity contribution in [2.24, 2.45) is 14.1 Å². The highest BCUT2D eigenvalue weighted by Crippen LogP contribution is 2.21. The number of aryl methyl sites for hydroxylation is 3. The van der Waals surface area contributed by atoms with Crippen LogP contribution < -0.4 is 16.6 Å². The van der Waals surface area contributed by atoms with Crippen molar-refractivity contribution >= 4 is 28.6 Å². The first-order valence-electron chi connectivity index (χ1n) is 10.3. The lowest BCUT2D eigenvalue weighted by Gasteiger charge is -2.15. The highest BCUT2D eigenvalue weighted by molar-refractivity contribution is 5.93. The summed E-state index contributed by atoms with van der Waals surface area (Å²) in [7, 11) is 3.01. The number of esters is 1. The predicted molar refractivity (Wildman–Crippen MR) is 121 cm³/mol. The lowest BCUT2D eigenvalue weighted by molar-refractivity contribution is -0.116. The minimum absolute atomic E-state index is 0.181. The molecule has 9 heteroatoms. The molecule has 3 aromatic rings. The van der Waals surface area contributed by atoms with Gasteiger partial charge in [0, 0.05) is 31.9 Å². The van der Waals surface area contributed by atoms with E-state index >= 15 is 0 Å². The minimum atomic E-state index is -0.435. The van der Waals surface area contributed by atoms with Crippen LogP contribution in [-0.2, 0) is 30.0 Å². The third-order valence-corrected chi connectivity index (χ3v) is 5.45. The fourth-order valence-electron chi connectivity index (χ4n) is 3.68. The van der Waals surface area contributed by atoms with E-state index < -0.39 is 17.2 Å². The molecule has 3 rings (SSSR count). The molecule has 0 bridgehead atoms. The highest BCUT2D eigenvalue weighted by Gasteiger charge is 2.17. The Balaban J connectivity index is 1.79. The van der Waals surface area contributed by atoms with Crippen LogP contribution in [0.25, 0.3) is 11.0 Å². The second-order valence-corrected chi connectivity index (χ2v) is 7.55. The van der Waals surface area contributed by atoms with E-state index in [4.69, 9.17) is 4.74 Å². The standard InChI is InChI=1S/C23H26N4O5/c1-6-32-22(30)15-7-9-16(10-8-15)25-18(28)12-11-17-13(2)19-20(24-14(17)3)26(4)23(31)27(5)21(19)29/h7-10H,6,11-12H2,1-5H3,(H,25,28). The van der Waals surface area contributed by atoms with Crippen LogP contribution in [0.15, 0.2) is 33.9 Å². The quantitative estimate of drug-likeness (QED) is 0.589. The fourth-order valence-corrected chi connectivity index (χ4v) is 3.68. The second kappa shape index (κ2) is 9.17. The minimum Gasteiger partial charge on any atom is -0.462 e. The summed E-state index contributed by atoms with van der Waals surface area (Å²) >= 11 is 0. The van der Waals surface area contributed by atoms with Crippen LogP contribution in [0.3, 0.4) is 0 Å². The Morgan fingerprint density at radius 3 is 2.34 bits per heavy atom. The molecule has 1 aromatic carbocycles. The smallest absolute Gasteiger partial charge is 0.338 e. The number of carbonyl (C=O) groups is 2. The van der Waals surface area contributed by atoms with Gasteiger partial charge < -0.3 is 10.1 Å². The number of ether oxygens (including phenoxy) is 1. The molecule has 9 nitrogen and oxygen atoms in total. The molecule has 2 heterocycles. The number of fused-ring (bicyclic) bond motifs is 1. The molecule has 1 N–H and O–H groups in total. The molecule has 0 radical (unpaired) electrons. The number of nitrogens with zero attached hydrogens (tertiary/aromatic N) is 3. The van der Waals surface area contributed by atoms with Gasteiger partial charge in [0.25, 0.3) is 5.56 Å². The summed E-state index contributed by atoms with van der Waals surface area (Å²) < 4.78 is 7.36. The third-order valence-electron chi connectivity index (χ3n) is 5.45. The van der Waals surface area contributed by atoms with Crippen LogP contribution in [0.4, 0.5) is 5.69 Å². The summed E-state index contributed by atoms with van der Waals surface area (Å²) in [5, 5.41) is 3.18. The zero-order valence-corrected chi connectivity index (χ0v) is 18.8. The maximum absolute atomic E-state index is 12.7. The molecule has 0 saturated heterocycles.